The summed E-state index contributed by atoms with van der Waals surface area (Å²) in [6.07, 6.45) is 9.37. The zero-order chi connectivity index (χ0) is 18.9. The van der Waals surface area contributed by atoms with Crippen molar-refractivity contribution in [1.29, 1.82) is 0 Å². The number of aryl methyl sites for hydroxylation is 1. The predicted octanol–water partition coefficient (Wildman–Crippen LogP) is 2.43. The van der Waals surface area contributed by atoms with E-state index in [0.717, 1.165) is 38.6 Å². The van der Waals surface area contributed by atoms with Crippen LogP contribution >= 0.6 is 0 Å². The van der Waals surface area contributed by atoms with Gasteiger partial charge in [-0.25, -0.2) is 5.01 Å². The Morgan fingerprint density at radius 1 is 1.38 bits per heavy atom. The molecule has 26 heavy (non-hydrogen) atoms. The van der Waals surface area contributed by atoms with Crippen molar-refractivity contribution < 1.29 is 4.79 Å². The molecule has 1 saturated heterocycles. The van der Waals surface area contributed by atoms with Crippen molar-refractivity contribution >= 4 is 5.91 Å². The Labute approximate surface area is 157 Å². The van der Waals surface area contributed by atoms with E-state index in [0.29, 0.717) is 12.0 Å². The van der Waals surface area contributed by atoms with E-state index in [1.807, 2.05) is 25.0 Å². The summed E-state index contributed by atoms with van der Waals surface area (Å²) in [7, 11) is 3.93. The average molecular weight is 362 g/mol. The fourth-order valence-electron chi connectivity index (χ4n) is 4.83. The Morgan fingerprint density at radius 3 is 2.81 bits per heavy atom. The van der Waals surface area contributed by atoms with Gasteiger partial charge in [0.2, 0.25) is 5.91 Å². The van der Waals surface area contributed by atoms with Crippen molar-refractivity contribution in [3.05, 3.63) is 18.0 Å². The molecule has 146 valence electrons. The molecule has 2 aliphatic rings. The van der Waals surface area contributed by atoms with E-state index < -0.39 is 0 Å². The highest BCUT2D eigenvalue weighted by Gasteiger charge is 2.40. The number of carbonyl (C=O) groups is 1. The zero-order valence-electron chi connectivity index (χ0n) is 17.0. The molecule has 0 spiro atoms. The topological polar surface area (TPSA) is 62.2 Å². The van der Waals surface area contributed by atoms with Gasteiger partial charge < -0.3 is 5.32 Å². The van der Waals surface area contributed by atoms with Crippen molar-refractivity contribution in [3.63, 3.8) is 0 Å². The van der Waals surface area contributed by atoms with Gasteiger partial charge in [-0.05, 0) is 56.6 Å². The Bertz CT molecular complexity index is 625. The number of hydrogen-bond acceptors (Lipinski definition) is 4. The summed E-state index contributed by atoms with van der Waals surface area (Å²) in [6, 6.07) is 0.493. The first kappa shape index (κ1) is 19.4. The molecule has 2 fully saturated rings. The van der Waals surface area contributed by atoms with Gasteiger partial charge in [0, 0.05) is 37.8 Å². The molecule has 0 aromatic carbocycles. The van der Waals surface area contributed by atoms with Crippen molar-refractivity contribution in [2.24, 2.45) is 18.4 Å². The summed E-state index contributed by atoms with van der Waals surface area (Å²) in [6.45, 7) is 7.76. The van der Waals surface area contributed by atoms with E-state index in [4.69, 9.17) is 0 Å². The monoisotopic (exact) mass is 361 g/mol. The highest BCUT2D eigenvalue weighted by Crippen LogP contribution is 2.37. The van der Waals surface area contributed by atoms with Crippen LogP contribution < -0.4 is 10.7 Å². The number of hydrazine groups is 1. The third-order valence-corrected chi connectivity index (χ3v) is 6.24. The molecular formula is C20H35N5O. The first-order chi connectivity index (χ1) is 12.3. The first-order valence-corrected chi connectivity index (χ1v) is 10.0. The summed E-state index contributed by atoms with van der Waals surface area (Å²) >= 11 is 0. The summed E-state index contributed by atoms with van der Waals surface area (Å²) in [5.41, 5.74) is 4.86. The second-order valence-electron chi connectivity index (χ2n) is 9.09. The van der Waals surface area contributed by atoms with Gasteiger partial charge >= 0.3 is 0 Å². The Hall–Kier alpha value is -1.40. The van der Waals surface area contributed by atoms with Crippen LogP contribution in [0.4, 0.5) is 0 Å². The maximum atomic E-state index is 12.9. The lowest BCUT2D eigenvalue weighted by Crippen LogP contribution is -2.52. The van der Waals surface area contributed by atoms with Gasteiger partial charge in [-0.1, -0.05) is 20.3 Å². The molecule has 3 rings (SSSR count). The van der Waals surface area contributed by atoms with Crippen molar-refractivity contribution in [1.82, 2.24) is 25.5 Å². The molecule has 1 aromatic rings. The fraction of sp³-hybridized carbons (Fsp3) is 0.800. The van der Waals surface area contributed by atoms with E-state index in [-0.39, 0.29) is 23.3 Å². The van der Waals surface area contributed by atoms with Crippen LogP contribution in [0.25, 0.3) is 0 Å². The van der Waals surface area contributed by atoms with E-state index >= 15 is 0 Å². The number of rotatable bonds is 5. The minimum Gasteiger partial charge on any atom is -0.352 e. The van der Waals surface area contributed by atoms with E-state index in [2.05, 4.69) is 47.8 Å². The van der Waals surface area contributed by atoms with E-state index in [1.165, 1.54) is 5.56 Å². The van der Waals surface area contributed by atoms with Crippen LogP contribution in [0.3, 0.4) is 0 Å². The molecule has 1 saturated carbocycles. The summed E-state index contributed by atoms with van der Waals surface area (Å²) in [5, 5.41) is 9.91. The molecular weight excluding hydrogens is 326 g/mol. The van der Waals surface area contributed by atoms with Crippen molar-refractivity contribution in [2.45, 2.75) is 70.9 Å². The lowest BCUT2D eigenvalue weighted by molar-refractivity contribution is -0.127. The lowest BCUT2D eigenvalue weighted by atomic mass is 9.78. The normalized spacial score (nSPS) is 30.3. The standard InChI is InChI=1S/C20H35N5O/c1-14(18-10-20(2,3)13-25(18)21-4)23-19(26)16-8-6-7-15(9-16)17-11-22-24(5)12-17/h11-12,14-16,18,21H,6-10,13H2,1-5H3,(H,23,26)/t14?,15-,16+,18?/m1/s1. The quantitative estimate of drug-likeness (QED) is 0.846. The van der Waals surface area contributed by atoms with Gasteiger partial charge in [0.25, 0.3) is 0 Å². The molecule has 2 unspecified atom stereocenters. The van der Waals surface area contributed by atoms with Crippen LogP contribution in [-0.2, 0) is 11.8 Å². The van der Waals surface area contributed by atoms with Crippen LogP contribution in [0.1, 0.15) is 64.4 Å². The smallest absolute Gasteiger partial charge is 0.223 e. The molecule has 6 nitrogen and oxygen atoms in total. The molecule has 1 aromatic heterocycles. The van der Waals surface area contributed by atoms with Gasteiger partial charge in [-0.15, -0.1) is 0 Å². The van der Waals surface area contributed by atoms with E-state index in [1.54, 1.807) is 0 Å². The number of aromatic nitrogens is 2. The van der Waals surface area contributed by atoms with Crippen molar-refractivity contribution in [2.75, 3.05) is 13.6 Å². The maximum Gasteiger partial charge on any atom is 0.223 e. The number of hydrogen-bond donors (Lipinski definition) is 2. The summed E-state index contributed by atoms with van der Waals surface area (Å²) in [4.78, 5) is 12.9. The molecule has 2 heterocycles. The summed E-state index contributed by atoms with van der Waals surface area (Å²) < 4.78 is 1.86. The Balaban J connectivity index is 1.58. The molecule has 1 aliphatic heterocycles. The SMILES string of the molecule is CNN1CC(C)(C)CC1C(C)NC(=O)[C@H]1CCC[C@@H](c2cnn(C)c2)C1. The lowest BCUT2D eigenvalue weighted by Gasteiger charge is -2.32. The second kappa shape index (κ2) is 7.69. The van der Waals surface area contributed by atoms with Gasteiger partial charge in [0.1, 0.15) is 0 Å². The molecule has 6 heteroatoms. The minimum atomic E-state index is 0.119. The average Bonchev–Trinajstić information content (AvgIpc) is 3.17. The van der Waals surface area contributed by atoms with Crippen LogP contribution in [0.2, 0.25) is 0 Å². The van der Waals surface area contributed by atoms with Gasteiger partial charge in [0.05, 0.1) is 6.20 Å². The Kier molecular flexibility index (Phi) is 5.72. The van der Waals surface area contributed by atoms with Crippen LogP contribution in [0.5, 0.6) is 0 Å². The minimum absolute atomic E-state index is 0.119. The molecule has 4 atom stereocenters. The maximum absolute atomic E-state index is 12.9. The van der Waals surface area contributed by atoms with Crippen molar-refractivity contribution in [3.8, 4) is 0 Å². The second-order valence-corrected chi connectivity index (χ2v) is 9.09. The number of nitrogens with zero attached hydrogens (tertiary/aromatic N) is 3. The van der Waals surface area contributed by atoms with Crippen LogP contribution in [0, 0.1) is 11.3 Å². The molecule has 0 bridgehead atoms. The third kappa shape index (κ3) is 4.29. The molecule has 1 aliphatic carbocycles. The summed E-state index contributed by atoms with van der Waals surface area (Å²) in [5.74, 6) is 0.809. The molecule has 1 amide bonds. The zero-order valence-corrected chi connectivity index (χ0v) is 17.0. The highest BCUT2D eigenvalue weighted by atomic mass is 16.2. The number of carbonyl (C=O) groups excluding carboxylic acids is 1. The molecule has 0 radical (unpaired) electrons. The van der Waals surface area contributed by atoms with Crippen LogP contribution in [0.15, 0.2) is 12.4 Å². The fourth-order valence-corrected chi connectivity index (χ4v) is 4.83. The first-order valence-electron chi connectivity index (χ1n) is 10.0. The van der Waals surface area contributed by atoms with Crippen LogP contribution in [-0.4, -0.2) is 46.4 Å². The third-order valence-electron chi connectivity index (χ3n) is 6.24. The predicted molar refractivity (Wildman–Crippen MR) is 103 cm³/mol. The van der Waals surface area contributed by atoms with Gasteiger partial charge in [-0.2, -0.15) is 5.10 Å². The van der Waals surface area contributed by atoms with Gasteiger partial charge in [-0.3, -0.25) is 14.9 Å². The van der Waals surface area contributed by atoms with Gasteiger partial charge in [0.15, 0.2) is 0 Å². The highest BCUT2D eigenvalue weighted by molar-refractivity contribution is 5.79. The number of amides is 1. The number of nitrogens with one attached hydrogen (secondary N) is 2. The van der Waals surface area contributed by atoms with E-state index in [9.17, 15) is 4.79 Å². The molecule has 2 N–H and O–H groups in total. The Morgan fingerprint density at radius 2 is 2.15 bits per heavy atom. The largest absolute Gasteiger partial charge is 0.352 e.